The van der Waals surface area contributed by atoms with Gasteiger partial charge in [0.05, 0.1) is 29.0 Å². The molecule has 34 heavy (non-hydrogen) atoms. The topological polar surface area (TPSA) is 120 Å². The molecule has 4 rings (SSSR count). The number of nitrogens with one attached hydrogen (secondary N) is 1. The summed E-state index contributed by atoms with van der Waals surface area (Å²) in [7, 11) is -7.47. The van der Waals surface area contributed by atoms with Crippen molar-refractivity contribution in [3.05, 3.63) is 89.7 Å². The molecule has 1 N–H and O–H groups in total. The van der Waals surface area contributed by atoms with Gasteiger partial charge in [-0.05, 0) is 35.9 Å². The van der Waals surface area contributed by atoms with Gasteiger partial charge < -0.3 is 9.15 Å². The Kier molecular flexibility index (Phi) is 6.15. The van der Waals surface area contributed by atoms with Crippen molar-refractivity contribution in [1.82, 2.24) is 0 Å². The minimum Gasteiger partial charge on any atom is -0.465 e. The lowest BCUT2D eigenvalue weighted by atomic mass is 10.1. The maximum absolute atomic E-state index is 14.0. The van der Waals surface area contributed by atoms with E-state index in [1.54, 1.807) is 36.4 Å². The number of sulfone groups is 1. The fourth-order valence-electron chi connectivity index (χ4n) is 3.38. The summed E-state index contributed by atoms with van der Waals surface area (Å²) in [6.45, 7) is 0. The SMILES string of the molecule is COC(=O)c1ccccc1CS(=O)(=O)c1ccc(F)cc1NS(=O)(=O)c1cc2ccccc2o1. The van der Waals surface area contributed by atoms with E-state index >= 15 is 0 Å². The Balaban J connectivity index is 1.73. The highest BCUT2D eigenvalue weighted by Gasteiger charge is 2.27. The zero-order valence-corrected chi connectivity index (χ0v) is 19.3. The van der Waals surface area contributed by atoms with Crippen molar-refractivity contribution in [2.24, 2.45) is 0 Å². The summed E-state index contributed by atoms with van der Waals surface area (Å²) in [5.41, 5.74) is 0.00949. The second-order valence-electron chi connectivity index (χ2n) is 7.26. The van der Waals surface area contributed by atoms with E-state index in [9.17, 15) is 26.0 Å². The first-order valence-electron chi connectivity index (χ1n) is 9.81. The van der Waals surface area contributed by atoms with E-state index in [4.69, 9.17) is 9.15 Å². The molecule has 11 heteroatoms. The molecule has 8 nitrogen and oxygen atoms in total. The Hall–Kier alpha value is -3.70. The fourth-order valence-corrected chi connectivity index (χ4v) is 6.02. The number of carbonyl (C=O) groups excluding carboxylic acids is 1. The van der Waals surface area contributed by atoms with Crippen molar-refractivity contribution in [1.29, 1.82) is 0 Å². The van der Waals surface area contributed by atoms with Gasteiger partial charge in [-0.2, -0.15) is 8.42 Å². The number of methoxy groups -OCH3 is 1. The second kappa shape index (κ2) is 8.92. The molecule has 0 spiro atoms. The monoisotopic (exact) mass is 503 g/mol. The van der Waals surface area contributed by atoms with E-state index in [1.165, 1.54) is 25.3 Å². The summed E-state index contributed by atoms with van der Waals surface area (Å²) in [5, 5.41) is 0.0618. The Morgan fingerprint density at radius 2 is 1.68 bits per heavy atom. The zero-order chi connectivity index (χ0) is 24.5. The number of fused-ring (bicyclic) bond motifs is 1. The van der Waals surface area contributed by atoms with Gasteiger partial charge in [-0.25, -0.2) is 17.6 Å². The summed E-state index contributed by atoms with van der Waals surface area (Å²) >= 11 is 0. The van der Waals surface area contributed by atoms with Crippen molar-refractivity contribution in [2.75, 3.05) is 11.8 Å². The summed E-state index contributed by atoms with van der Waals surface area (Å²) in [5.74, 6) is -2.23. The molecule has 1 heterocycles. The largest absolute Gasteiger partial charge is 0.465 e. The van der Waals surface area contributed by atoms with Crippen LogP contribution in [0.5, 0.6) is 0 Å². The highest BCUT2D eigenvalue weighted by atomic mass is 32.2. The number of halogens is 1. The molecule has 3 aromatic carbocycles. The second-order valence-corrected chi connectivity index (χ2v) is 10.8. The average molecular weight is 504 g/mol. The Morgan fingerprint density at radius 3 is 2.41 bits per heavy atom. The van der Waals surface area contributed by atoms with Crippen LogP contribution < -0.4 is 4.72 Å². The van der Waals surface area contributed by atoms with Gasteiger partial charge in [0.1, 0.15) is 11.4 Å². The number of benzene rings is 3. The van der Waals surface area contributed by atoms with Crippen LogP contribution in [0.15, 0.2) is 87.2 Å². The maximum atomic E-state index is 14.0. The van der Waals surface area contributed by atoms with E-state index in [0.29, 0.717) is 11.0 Å². The predicted octanol–water partition coefficient (Wildman–Crippen LogP) is 4.13. The number of rotatable bonds is 7. The number of para-hydroxylation sites is 1. The lowest BCUT2D eigenvalue weighted by Crippen LogP contribution is -2.17. The van der Waals surface area contributed by atoms with Crippen LogP contribution >= 0.6 is 0 Å². The molecule has 0 aliphatic rings. The molecule has 0 aliphatic heterocycles. The van der Waals surface area contributed by atoms with Gasteiger partial charge in [0.2, 0.25) is 5.09 Å². The van der Waals surface area contributed by atoms with Gasteiger partial charge in [0.15, 0.2) is 9.84 Å². The van der Waals surface area contributed by atoms with Gasteiger partial charge in [-0.15, -0.1) is 0 Å². The number of carbonyl (C=O) groups is 1. The number of esters is 1. The molecule has 0 amide bonds. The molecule has 0 atom stereocenters. The van der Waals surface area contributed by atoms with E-state index in [-0.39, 0.29) is 11.1 Å². The molecule has 4 aromatic rings. The van der Waals surface area contributed by atoms with Gasteiger partial charge in [0, 0.05) is 11.5 Å². The molecule has 0 bridgehead atoms. The summed E-state index contributed by atoms with van der Waals surface area (Å²) in [4.78, 5) is 11.6. The Labute approximate surface area is 194 Å². The standard InChI is InChI=1S/C23H18FNO7S2/c1-31-23(26)18-8-4-2-7-16(18)14-33(27,28)21-11-10-17(24)13-19(21)25-34(29,30)22-12-15-6-3-5-9-20(15)32-22/h2-13,25H,14H2,1H3. The highest BCUT2D eigenvalue weighted by molar-refractivity contribution is 7.93. The number of sulfonamides is 1. The van der Waals surface area contributed by atoms with Crippen LogP contribution in [0.25, 0.3) is 11.0 Å². The quantitative estimate of drug-likeness (QED) is 0.297. The van der Waals surface area contributed by atoms with Gasteiger partial charge in [0.25, 0.3) is 10.0 Å². The van der Waals surface area contributed by atoms with Crippen LogP contribution in [0.1, 0.15) is 15.9 Å². The lowest BCUT2D eigenvalue weighted by molar-refractivity contribution is 0.0600. The third-order valence-corrected chi connectivity index (χ3v) is 7.89. The number of hydrogen-bond acceptors (Lipinski definition) is 7. The molecule has 176 valence electrons. The van der Waals surface area contributed by atoms with Crippen LogP contribution in [0.4, 0.5) is 10.1 Å². The molecule has 0 saturated heterocycles. The number of ether oxygens (including phenoxy) is 1. The minimum absolute atomic E-state index is 0.0418. The van der Waals surface area contributed by atoms with E-state index in [2.05, 4.69) is 4.72 Å². The van der Waals surface area contributed by atoms with Crippen molar-refractivity contribution < 1.29 is 35.2 Å². The van der Waals surface area contributed by atoms with Crippen LogP contribution in [0, 0.1) is 5.82 Å². The highest BCUT2D eigenvalue weighted by Crippen LogP contribution is 2.30. The van der Waals surface area contributed by atoms with Gasteiger partial charge in [-0.3, -0.25) is 4.72 Å². The molecule has 0 saturated carbocycles. The average Bonchev–Trinajstić information content (AvgIpc) is 3.24. The summed E-state index contributed by atoms with van der Waals surface area (Å²) < 4.78 is 78.5. The van der Waals surface area contributed by atoms with Crippen LogP contribution in [0.2, 0.25) is 0 Å². The van der Waals surface area contributed by atoms with E-state index in [0.717, 1.165) is 18.2 Å². The van der Waals surface area contributed by atoms with Crippen molar-refractivity contribution in [2.45, 2.75) is 15.7 Å². The Morgan fingerprint density at radius 1 is 0.971 bits per heavy atom. The molecule has 0 fully saturated rings. The van der Waals surface area contributed by atoms with E-state index < -0.39 is 53.1 Å². The molecular formula is C23H18FNO7S2. The summed E-state index contributed by atoms with van der Waals surface area (Å²) in [6, 6.07) is 16.4. The molecule has 0 radical (unpaired) electrons. The lowest BCUT2D eigenvalue weighted by Gasteiger charge is -2.13. The Bertz CT molecular complexity index is 1580. The van der Waals surface area contributed by atoms with Gasteiger partial charge >= 0.3 is 5.97 Å². The van der Waals surface area contributed by atoms with E-state index in [1.807, 2.05) is 0 Å². The van der Waals surface area contributed by atoms with Crippen molar-refractivity contribution in [3.8, 4) is 0 Å². The van der Waals surface area contributed by atoms with Gasteiger partial charge in [-0.1, -0.05) is 36.4 Å². The van der Waals surface area contributed by atoms with Crippen LogP contribution in [-0.4, -0.2) is 29.9 Å². The molecular weight excluding hydrogens is 485 g/mol. The first kappa shape index (κ1) is 23.5. The first-order valence-corrected chi connectivity index (χ1v) is 12.9. The smallest absolute Gasteiger partial charge is 0.338 e. The van der Waals surface area contributed by atoms with Crippen LogP contribution in [-0.2, 0) is 30.4 Å². The minimum atomic E-state index is -4.40. The zero-order valence-electron chi connectivity index (χ0n) is 17.7. The van der Waals surface area contributed by atoms with Crippen molar-refractivity contribution >= 4 is 42.5 Å². The summed E-state index contributed by atoms with van der Waals surface area (Å²) in [6.07, 6.45) is 0. The number of furan rings is 1. The maximum Gasteiger partial charge on any atom is 0.338 e. The third kappa shape index (κ3) is 4.66. The third-order valence-electron chi connectivity index (χ3n) is 4.96. The molecule has 1 aromatic heterocycles. The first-order chi connectivity index (χ1) is 16.1. The predicted molar refractivity (Wildman–Crippen MR) is 122 cm³/mol. The normalized spacial score (nSPS) is 11.9. The number of hydrogen-bond donors (Lipinski definition) is 1. The molecule has 0 unspecified atom stereocenters. The fraction of sp³-hybridized carbons (Fsp3) is 0.0870. The number of anilines is 1. The molecule has 0 aliphatic carbocycles. The van der Waals surface area contributed by atoms with Crippen molar-refractivity contribution in [3.63, 3.8) is 0 Å². The van der Waals surface area contributed by atoms with Crippen LogP contribution in [0.3, 0.4) is 0 Å².